The number of benzene rings is 9. The number of aromatic nitrogens is 4. The Bertz CT molecular complexity index is 4040. The summed E-state index contributed by atoms with van der Waals surface area (Å²) in [7, 11) is 0. The Hall–Kier alpha value is -7.99. The van der Waals surface area contributed by atoms with Crippen molar-refractivity contribution in [3.8, 4) is 73.2 Å². The summed E-state index contributed by atoms with van der Waals surface area (Å²) in [5, 5.41) is 2.57. The predicted octanol–water partition coefficient (Wildman–Crippen LogP) is 15.3. The summed E-state index contributed by atoms with van der Waals surface area (Å²) in [5.74, 6) is 1.10. The molecule has 12 aromatic rings. The summed E-state index contributed by atoms with van der Waals surface area (Å²) in [6.45, 7) is 0. The lowest BCUT2D eigenvalue weighted by atomic mass is 9.99. The van der Waals surface area contributed by atoms with E-state index in [1.807, 2.05) is 54.6 Å². The molecule has 0 bridgehead atoms. The van der Waals surface area contributed by atoms with E-state index in [0.717, 1.165) is 44.5 Å². The molecule has 3 heterocycles. The van der Waals surface area contributed by atoms with Crippen LogP contribution in [0.5, 0.6) is 0 Å². The molecule has 12 rings (SSSR count). The average molecular weight is 816 g/mol. The minimum Gasteiger partial charge on any atom is -0.309 e. The lowest BCUT2D eigenvalue weighted by Crippen LogP contribution is -2.03. The van der Waals surface area contributed by atoms with E-state index in [0.29, 0.717) is 22.9 Å². The molecule has 0 aliphatic rings. The maximum Gasteiger partial charge on any atom is 0.166 e. The highest BCUT2D eigenvalue weighted by molar-refractivity contribution is 7.26. The van der Waals surface area contributed by atoms with Crippen molar-refractivity contribution in [1.82, 2.24) is 19.5 Å². The Labute approximate surface area is 372 Å². The first-order chi connectivity index (χ1) is 33.6. The number of thiophene rings is 1. The molecular formula is C57H36N4S. The number of hydrogen-bond acceptors (Lipinski definition) is 4. The summed E-state index contributed by atoms with van der Waals surface area (Å²) in [5.41, 5.74) is 9.13. The molecule has 62 heavy (non-hydrogen) atoms. The van der Waals surface area contributed by atoms with Crippen LogP contribution in [-0.2, 0) is 0 Å². The normalized spacial score (nSPS) is 13.1. The Kier molecular flexibility index (Phi) is 7.05. The van der Waals surface area contributed by atoms with Gasteiger partial charge >= 0.3 is 0 Å². The summed E-state index contributed by atoms with van der Waals surface area (Å²) in [6, 6.07) is 56.2. The second-order valence-electron chi connectivity index (χ2n) is 15.0. The van der Waals surface area contributed by atoms with E-state index in [1.165, 1.54) is 26.2 Å². The van der Waals surface area contributed by atoms with Gasteiger partial charge in [0.15, 0.2) is 17.5 Å². The number of fused-ring (bicyclic) bond motifs is 6. The average Bonchev–Trinajstić information content (AvgIpc) is 3.97. The van der Waals surface area contributed by atoms with Gasteiger partial charge in [-0.3, -0.25) is 0 Å². The Balaban J connectivity index is 1.05. The maximum absolute atomic E-state index is 9.19. The van der Waals surface area contributed by atoms with E-state index in [1.54, 1.807) is 28.0 Å². The van der Waals surface area contributed by atoms with Gasteiger partial charge < -0.3 is 4.57 Å². The molecule has 4 nitrogen and oxygen atoms in total. The molecule has 0 unspecified atom stereocenters. The van der Waals surface area contributed by atoms with Gasteiger partial charge in [0, 0.05) is 47.6 Å². The predicted molar refractivity (Wildman–Crippen MR) is 260 cm³/mol. The molecule has 0 radical (unpaired) electrons. The van der Waals surface area contributed by atoms with Crippen LogP contribution in [0.2, 0.25) is 0 Å². The standard InChI is InChI=1S/C57H36N4S/c1-2-14-37(15-3-1)38-28-30-39(31-29-38)40-32-34-41(35-33-40)55-58-56(43-17-12-16-42(36-43)44-22-13-23-48-47-20-7-11-27-53(47)62-54(44)48)60-57(59-55)49-21-6-10-26-52(49)61-50-24-8-4-18-45(50)46-19-5-9-25-51(46)61/h1-36H/i4D,5D,8D,18D,19D,24D,25D. The van der Waals surface area contributed by atoms with Crippen molar-refractivity contribution >= 4 is 53.3 Å². The zero-order valence-electron chi connectivity index (χ0n) is 39.9. The quantitative estimate of drug-likeness (QED) is 0.161. The third-order valence-electron chi connectivity index (χ3n) is 11.4. The van der Waals surface area contributed by atoms with Gasteiger partial charge in [0.2, 0.25) is 0 Å². The van der Waals surface area contributed by atoms with Gasteiger partial charge in [-0.25, -0.2) is 15.0 Å². The highest BCUT2D eigenvalue weighted by atomic mass is 32.1. The number of nitrogens with zero attached hydrogens (tertiary/aromatic N) is 4. The monoisotopic (exact) mass is 815 g/mol. The van der Waals surface area contributed by atoms with Crippen LogP contribution in [-0.4, -0.2) is 19.5 Å². The van der Waals surface area contributed by atoms with Crippen molar-refractivity contribution in [2.75, 3.05) is 0 Å². The summed E-state index contributed by atoms with van der Waals surface area (Å²) in [4.78, 5) is 15.5. The summed E-state index contributed by atoms with van der Waals surface area (Å²) >= 11 is 1.76. The van der Waals surface area contributed by atoms with Crippen molar-refractivity contribution in [3.05, 3.63) is 218 Å². The zero-order chi connectivity index (χ0) is 47.1. The molecule has 5 heteroatoms. The van der Waals surface area contributed by atoms with Crippen molar-refractivity contribution < 1.29 is 9.60 Å². The van der Waals surface area contributed by atoms with Crippen LogP contribution in [0.25, 0.3) is 115 Å². The number of para-hydroxylation sites is 3. The van der Waals surface area contributed by atoms with Crippen LogP contribution < -0.4 is 0 Å². The largest absolute Gasteiger partial charge is 0.309 e. The molecule has 3 aromatic heterocycles. The molecular weight excluding hydrogens is 773 g/mol. The molecule has 0 spiro atoms. The molecule has 0 aliphatic carbocycles. The Morgan fingerprint density at radius 1 is 0.371 bits per heavy atom. The molecule has 0 saturated heterocycles. The van der Waals surface area contributed by atoms with E-state index in [-0.39, 0.29) is 57.8 Å². The van der Waals surface area contributed by atoms with E-state index >= 15 is 0 Å². The van der Waals surface area contributed by atoms with Gasteiger partial charge in [0.25, 0.3) is 0 Å². The van der Waals surface area contributed by atoms with Crippen LogP contribution >= 0.6 is 11.3 Å². The third-order valence-corrected chi connectivity index (χ3v) is 12.6. The minimum absolute atomic E-state index is 0.0655. The van der Waals surface area contributed by atoms with Gasteiger partial charge in [-0.05, 0) is 69.7 Å². The van der Waals surface area contributed by atoms with E-state index in [2.05, 4.69) is 103 Å². The molecule has 0 amide bonds. The van der Waals surface area contributed by atoms with Crippen LogP contribution in [0.1, 0.15) is 9.60 Å². The maximum atomic E-state index is 9.19. The lowest BCUT2D eigenvalue weighted by molar-refractivity contribution is 1.06. The lowest BCUT2D eigenvalue weighted by Gasteiger charge is -2.15. The smallest absolute Gasteiger partial charge is 0.166 e. The molecule has 0 saturated carbocycles. The van der Waals surface area contributed by atoms with Crippen molar-refractivity contribution in [3.63, 3.8) is 0 Å². The second kappa shape index (κ2) is 14.9. The number of hydrogen-bond donors (Lipinski definition) is 0. The molecule has 0 atom stereocenters. The first-order valence-corrected chi connectivity index (χ1v) is 21.1. The highest BCUT2D eigenvalue weighted by Gasteiger charge is 2.20. The van der Waals surface area contributed by atoms with Gasteiger partial charge in [-0.2, -0.15) is 0 Å². The van der Waals surface area contributed by atoms with Gasteiger partial charge in [-0.1, -0.05) is 182 Å². The fraction of sp³-hybridized carbons (Fsp3) is 0. The highest BCUT2D eigenvalue weighted by Crippen LogP contribution is 2.41. The van der Waals surface area contributed by atoms with Crippen LogP contribution in [0.4, 0.5) is 0 Å². The molecule has 0 N–H and O–H groups in total. The van der Waals surface area contributed by atoms with E-state index < -0.39 is 12.1 Å². The first-order valence-electron chi connectivity index (χ1n) is 23.8. The fourth-order valence-electron chi connectivity index (χ4n) is 8.42. The minimum atomic E-state index is -0.464. The zero-order valence-corrected chi connectivity index (χ0v) is 33.8. The summed E-state index contributed by atoms with van der Waals surface area (Å²) < 4.78 is 66.2. The van der Waals surface area contributed by atoms with Crippen molar-refractivity contribution in [2.45, 2.75) is 0 Å². The van der Waals surface area contributed by atoms with Gasteiger partial charge in [-0.15, -0.1) is 11.3 Å². The van der Waals surface area contributed by atoms with Crippen LogP contribution in [0.15, 0.2) is 218 Å². The van der Waals surface area contributed by atoms with Crippen molar-refractivity contribution in [2.24, 2.45) is 0 Å². The molecule has 290 valence electrons. The second-order valence-corrected chi connectivity index (χ2v) is 16.1. The Morgan fingerprint density at radius 2 is 0.919 bits per heavy atom. The third kappa shape index (κ3) is 6.18. The molecule has 0 aliphatic heterocycles. The molecule has 0 fully saturated rings. The topological polar surface area (TPSA) is 43.6 Å². The van der Waals surface area contributed by atoms with E-state index in [9.17, 15) is 1.37 Å². The first kappa shape index (κ1) is 29.3. The number of rotatable bonds is 7. The molecule has 9 aromatic carbocycles. The van der Waals surface area contributed by atoms with Crippen LogP contribution in [0, 0.1) is 0 Å². The SMILES string of the molecule is [2H]c1cc([2H])c2c(c1[2H])c1c([2H])c([2H])c([2H])c([2H])c1n2-c1ccccc1-c1nc(-c2ccc(-c3ccc(-c4ccccc4)cc3)cc2)nc(-c2cccc(-c3cccc4c3sc3ccccc34)c2)n1. The van der Waals surface area contributed by atoms with Crippen molar-refractivity contribution in [1.29, 1.82) is 0 Å². The fourth-order valence-corrected chi connectivity index (χ4v) is 9.66. The van der Waals surface area contributed by atoms with E-state index in [4.69, 9.17) is 23.2 Å². The van der Waals surface area contributed by atoms with Gasteiger partial charge in [0.05, 0.1) is 26.3 Å². The van der Waals surface area contributed by atoms with Crippen LogP contribution in [0.3, 0.4) is 0 Å². The summed E-state index contributed by atoms with van der Waals surface area (Å²) in [6.07, 6.45) is 0. The Morgan fingerprint density at radius 3 is 1.73 bits per heavy atom. The van der Waals surface area contributed by atoms with Gasteiger partial charge in [0.1, 0.15) is 0 Å².